The largest absolute Gasteiger partial charge is 0.366 e. The topological polar surface area (TPSA) is 28.2 Å². The molecular formula is C12H19ClFN3. The van der Waals surface area contributed by atoms with Crippen LogP contribution in [0.25, 0.3) is 0 Å². The standard InChI is InChI=1S/C12H19ClFN3/c1-4-9(2)17(3)6-5-15-12-11(14)7-10(13)8-16-12/h7-9H,4-6H2,1-3H3,(H,15,16). The summed E-state index contributed by atoms with van der Waals surface area (Å²) in [5, 5.41) is 3.27. The van der Waals surface area contributed by atoms with Crippen LogP contribution in [0.3, 0.4) is 0 Å². The molecule has 1 rings (SSSR count). The van der Waals surface area contributed by atoms with E-state index < -0.39 is 5.82 Å². The molecule has 1 atom stereocenters. The monoisotopic (exact) mass is 259 g/mol. The lowest BCUT2D eigenvalue weighted by Crippen LogP contribution is -2.32. The van der Waals surface area contributed by atoms with Gasteiger partial charge >= 0.3 is 0 Å². The van der Waals surface area contributed by atoms with Crippen LogP contribution in [-0.4, -0.2) is 36.1 Å². The smallest absolute Gasteiger partial charge is 0.166 e. The van der Waals surface area contributed by atoms with E-state index in [1.807, 2.05) is 0 Å². The van der Waals surface area contributed by atoms with Gasteiger partial charge in [-0.15, -0.1) is 0 Å². The third-order valence-corrected chi connectivity index (χ3v) is 3.11. The molecule has 96 valence electrons. The maximum absolute atomic E-state index is 13.4. The summed E-state index contributed by atoms with van der Waals surface area (Å²) in [7, 11) is 2.06. The van der Waals surface area contributed by atoms with Gasteiger partial charge in [-0.25, -0.2) is 9.37 Å². The Morgan fingerprint density at radius 2 is 2.29 bits per heavy atom. The zero-order valence-corrected chi connectivity index (χ0v) is 11.3. The lowest BCUT2D eigenvalue weighted by molar-refractivity contribution is 0.261. The predicted molar refractivity (Wildman–Crippen MR) is 70.1 cm³/mol. The van der Waals surface area contributed by atoms with Crippen molar-refractivity contribution in [3.05, 3.63) is 23.1 Å². The number of hydrogen-bond acceptors (Lipinski definition) is 3. The minimum atomic E-state index is -0.413. The van der Waals surface area contributed by atoms with E-state index in [4.69, 9.17) is 11.6 Å². The SMILES string of the molecule is CCC(C)N(C)CCNc1ncc(Cl)cc1F. The van der Waals surface area contributed by atoms with E-state index in [0.29, 0.717) is 17.6 Å². The van der Waals surface area contributed by atoms with Crippen molar-refractivity contribution >= 4 is 17.4 Å². The minimum Gasteiger partial charge on any atom is -0.366 e. The van der Waals surface area contributed by atoms with Crippen molar-refractivity contribution in [2.24, 2.45) is 0 Å². The second-order valence-corrected chi connectivity index (χ2v) is 4.59. The fourth-order valence-electron chi connectivity index (χ4n) is 1.43. The molecular weight excluding hydrogens is 241 g/mol. The summed E-state index contributed by atoms with van der Waals surface area (Å²) in [5.74, 6) is -0.157. The molecule has 1 unspecified atom stereocenters. The van der Waals surface area contributed by atoms with Crippen molar-refractivity contribution < 1.29 is 4.39 Å². The number of likely N-dealkylation sites (N-methyl/N-ethyl adjacent to an activating group) is 1. The van der Waals surface area contributed by atoms with Crippen molar-refractivity contribution in [3.63, 3.8) is 0 Å². The van der Waals surface area contributed by atoms with Crippen LogP contribution in [0.5, 0.6) is 0 Å². The molecule has 0 radical (unpaired) electrons. The first-order valence-corrected chi connectivity index (χ1v) is 6.17. The molecule has 0 fully saturated rings. The summed E-state index contributed by atoms with van der Waals surface area (Å²) in [6, 6.07) is 1.79. The maximum Gasteiger partial charge on any atom is 0.166 e. The highest BCUT2D eigenvalue weighted by atomic mass is 35.5. The number of nitrogens with zero attached hydrogens (tertiary/aromatic N) is 2. The molecule has 0 saturated carbocycles. The van der Waals surface area contributed by atoms with Crippen LogP contribution in [0, 0.1) is 5.82 Å². The number of nitrogens with one attached hydrogen (secondary N) is 1. The van der Waals surface area contributed by atoms with E-state index in [1.54, 1.807) is 0 Å². The normalized spacial score (nSPS) is 12.8. The fraction of sp³-hybridized carbons (Fsp3) is 0.583. The van der Waals surface area contributed by atoms with Gasteiger partial charge in [0, 0.05) is 25.3 Å². The number of hydrogen-bond donors (Lipinski definition) is 1. The first-order chi connectivity index (χ1) is 8.04. The predicted octanol–water partition coefficient (Wildman–Crippen LogP) is 3.02. The van der Waals surface area contributed by atoms with Gasteiger partial charge in [0.25, 0.3) is 0 Å². The summed E-state index contributed by atoms with van der Waals surface area (Å²) in [4.78, 5) is 6.13. The highest BCUT2D eigenvalue weighted by Crippen LogP contribution is 2.15. The molecule has 17 heavy (non-hydrogen) atoms. The van der Waals surface area contributed by atoms with Gasteiger partial charge in [0.05, 0.1) is 5.02 Å². The lowest BCUT2D eigenvalue weighted by Gasteiger charge is -2.23. The van der Waals surface area contributed by atoms with Crippen LogP contribution in [0.1, 0.15) is 20.3 Å². The van der Waals surface area contributed by atoms with Gasteiger partial charge in [0.2, 0.25) is 0 Å². The van der Waals surface area contributed by atoms with E-state index in [-0.39, 0.29) is 5.82 Å². The summed E-state index contributed by atoms with van der Waals surface area (Å²) in [6.45, 7) is 5.82. The number of rotatable bonds is 6. The van der Waals surface area contributed by atoms with Crippen LogP contribution in [0.4, 0.5) is 10.2 Å². The highest BCUT2D eigenvalue weighted by Gasteiger charge is 2.07. The molecule has 0 aliphatic carbocycles. The molecule has 1 aromatic rings. The molecule has 1 aromatic heterocycles. The molecule has 0 aliphatic rings. The average Bonchev–Trinajstić information content (AvgIpc) is 2.30. The molecule has 0 aliphatic heterocycles. The molecule has 0 aromatic carbocycles. The van der Waals surface area contributed by atoms with Crippen LogP contribution in [-0.2, 0) is 0 Å². The van der Waals surface area contributed by atoms with Gasteiger partial charge in [-0.1, -0.05) is 18.5 Å². The zero-order chi connectivity index (χ0) is 12.8. The van der Waals surface area contributed by atoms with Crippen molar-refractivity contribution in [3.8, 4) is 0 Å². The molecule has 0 amide bonds. The molecule has 0 spiro atoms. The van der Waals surface area contributed by atoms with Gasteiger partial charge in [0.15, 0.2) is 11.6 Å². The average molecular weight is 260 g/mol. The summed E-state index contributed by atoms with van der Waals surface area (Å²) in [5.41, 5.74) is 0. The quantitative estimate of drug-likeness (QED) is 0.851. The Morgan fingerprint density at radius 3 is 2.88 bits per heavy atom. The summed E-state index contributed by atoms with van der Waals surface area (Å²) < 4.78 is 13.4. The highest BCUT2D eigenvalue weighted by molar-refractivity contribution is 6.30. The molecule has 1 heterocycles. The lowest BCUT2D eigenvalue weighted by atomic mass is 10.2. The van der Waals surface area contributed by atoms with E-state index >= 15 is 0 Å². The van der Waals surface area contributed by atoms with Gasteiger partial charge in [-0.3, -0.25) is 0 Å². The Morgan fingerprint density at radius 1 is 1.59 bits per heavy atom. The van der Waals surface area contributed by atoms with Gasteiger partial charge in [-0.05, 0) is 26.5 Å². The third-order valence-electron chi connectivity index (χ3n) is 2.91. The first kappa shape index (κ1) is 14.2. The number of anilines is 1. The van der Waals surface area contributed by atoms with Gasteiger partial charge in [0.1, 0.15) is 0 Å². The van der Waals surface area contributed by atoms with Crippen molar-refractivity contribution in [2.75, 3.05) is 25.5 Å². The third kappa shape index (κ3) is 4.48. The van der Waals surface area contributed by atoms with Gasteiger partial charge in [-0.2, -0.15) is 0 Å². The molecule has 5 heteroatoms. The van der Waals surface area contributed by atoms with Crippen LogP contribution in [0.15, 0.2) is 12.3 Å². The van der Waals surface area contributed by atoms with Crippen LogP contribution >= 0.6 is 11.6 Å². The van der Waals surface area contributed by atoms with E-state index in [0.717, 1.165) is 13.0 Å². The molecule has 1 N–H and O–H groups in total. The Labute approximate surface area is 107 Å². The molecule has 3 nitrogen and oxygen atoms in total. The second-order valence-electron chi connectivity index (χ2n) is 4.15. The Balaban J connectivity index is 2.40. The number of pyridine rings is 1. The van der Waals surface area contributed by atoms with Gasteiger partial charge < -0.3 is 10.2 Å². The Hall–Kier alpha value is -0.870. The van der Waals surface area contributed by atoms with Crippen molar-refractivity contribution in [1.82, 2.24) is 9.88 Å². The Bertz CT molecular complexity index is 360. The number of aromatic nitrogens is 1. The molecule has 0 saturated heterocycles. The zero-order valence-electron chi connectivity index (χ0n) is 10.5. The van der Waals surface area contributed by atoms with Crippen LogP contribution in [0.2, 0.25) is 5.02 Å². The summed E-state index contributed by atoms with van der Waals surface area (Å²) >= 11 is 5.62. The van der Waals surface area contributed by atoms with Crippen LogP contribution < -0.4 is 5.32 Å². The van der Waals surface area contributed by atoms with Crippen molar-refractivity contribution in [1.29, 1.82) is 0 Å². The maximum atomic E-state index is 13.4. The van der Waals surface area contributed by atoms with E-state index in [9.17, 15) is 4.39 Å². The Kier molecular flexibility index (Phi) is 5.65. The van der Waals surface area contributed by atoms with E-state index in [2.05, 4.69) is 36.1 Å². The van der Waals surface area contributed by atoms with Crippen molar-refractivity contribution in [2.45, 2.75) is 26.3 Å². The fourth-order valence-corrected chi connectivity index (χ4v) is 1.57. The number of halogens is 2. The van der Waals surface area contributed by atoms with E-state index in [1.165, 1.54) is 12.3 Å². The summed E-state index contributed by atoms with van der Waals surface area (Å²) in [6.07, 6.45) is 2.54. The second kappa shape index (κ2) is 6.77. The minimum absolute atomic E-state index is 0.256. The first-order valence-electron chi connectivity index (χ1n) is 5.79. The molecule has 0 bridgehead atoms.